The summed E-state index contributed by atoms with van der Waals surface area (Å²) >= 11 is 0. The van der Waals surface area contributed by atoms with Crippen LogP contribution in [0, 0.1) is 5.92 Å². The Morgan fingerprint density at radius 2 is 1.86 bits per heavy atom. The molecule has 0 radical (unpaired) electrons. The molecular weight excluding hydrogens is 478 g/mol. The van der Waals surface area contributed by atoms with Gasteiger partial charge in [0.1, 0.15) is 5.84 Å². The van der Waals surface area contributed by atoms with Gasteiger partial charge in [0.15, 0.2) is 5.54 Å². The maximum absolute atomic E-state index is 13.6. The van der Waals surface area contributed by atoms with E-state index in [-0.39, 0.29) is 18.4 Å². The molecule has 0 bridgehead atoms. The molecule has 4 heterocycles. The molecule has 1 amide bonds. The summed E-state index contributed by atoms with van der Waals surface area (Å²) < 4.78 is 32.9. The summed E-state index contributed by atoms with van der Waals surface area (Å²) in [6, 6.07) is 14.4. The number of benzene rings is 2. The lowest BCUT2D eigenvalue weighted by Gasteiger charge is -2.25. The van der Waals surface area contributed by atoms with Gasteiger partial charge in [-0.2, -0.15) is 5.10 Å². The highest BCUT2D eigenvalue weighted by Gasteiger charge is 2.51. The van der Waals surface area contributed by atoms with Gasteiger partial charge in [-0.05, 0) is 35.6 Å². The number of hydrogen-bond donors (Lipinski definition) is 0. The minimum atomic E-state index is -3.24. The van der Waals surface area contributed by atoms with Gasteiger partial charge in [0.2, 0.25) is 10.0 Å². The Morgan fingerprint density at radius 1 is 1.11 bits per heavy atom. The van der Waals surface area contributed by atoms with Gasteiger partial charge in [-0.1, -0.05) is 30.3 Å². The molecule has 2 aromatic carbocycles. The second-order valence-electron chi connectivity index (χ2n) is 10.1. The van der Waals surface area contributed by atoms with Gasteiger partial charge in [-0.15, -0.1) is 0 Å². The van der Waals surface area contributed by atoms with Crippen LogP contribution in [0.25, 0.3) is 22.0 Å². The maximum Gasteiger partial charge on any atom is 0.258 e. The maximum atomic E-state index is 13.6. The van der Waals surface area contributed by atoms with Gasteiger partial charge < -0.3 is 4.74 Å². The summed E-state index contributed by atoms with van der Waals surface area (Å²) in [4.78, 5) is 20.3. The topological polar surface area (TPSA) is 97.1 Å². The zero-order valence-corrected chi connectivity index (χ0v) is 21.2. The van der Waals surface area contributed by atoms with Crippen molar-refractivity contribution in [2.24, 2.45) is 18.0 Å². The summed E-state index contributed by atoms with van der Waals surface area (Å²) in [5.74, 6) is 0.674. The van der Waals surface area contributed by atoms with Crippen LogP contribution in [0.1, 0.15) is 18.4 Å². The summed E-state index contributed by atoms with van der Waals surface area (Å²) in [5, 5.41) is 5.41. The van der Waals surface area contributed by atoms with Crippen LogP contribution < -0.4 is 0 Å². The van der Waals surface area contributed by atoms with Crippen molar-refractivity contribution in [3.8, 4) is 11.1 Å². The normalized spacial score (nSPS) is 24.9. The quantitative estimate of drug-likeness (QED) is 0.528. The number of ether oxygens (including phenoxy) is 1. The number of hydrogen-bond acceptors (Lipinski definition) is 6. The molecule has 3 aliphatic heterocycles. The lowest BCUT2D eigenvalue weighted by Crippen LogP contribution is -2.45. The van der Waals surface area contributed by atoms with Gasteiger partial charge in [0.25, 0.3) is 5.91 Å². The van der Waals surface area contributed by atoms with Crippen LogP contribution in [0.2, 0.25) is 0 Å². The van der Waals surface area contributed by atoms with Crippen molar-refractivity contribution in [1.29, 1.82) is 0 Å². The molecule has 0 aliphatic carbocycles. The number of nitrogens with zero attached hydrogens (tertiary/aromatic N) is 5. The van der Waals surface area contributed by atoms with Gasteiger partial charge in [0, 0.05) is 50.7 Å². The Kier molecular flexibility index (Phi) is 5.51. The van der Waals surface area contributed by atoms with Crippen LogP contribution in [-0.4, -0.2) is 83.8 Å². The average Bonchev–Trinajstić information content (AvgIpc) is 3.65. The Bertz CT molecular complexity index is 1470. The van der Waals surface area contributed by atoms with E-state index in [4.69, 9.17) is 9.73 Å². The van der Waals surface area contributed by atoms with Crippen LogP contribution >= 0.6 is 0 Å². The van der Waals surface area contributed by atoms with E-state index in [2.05, 4.69) is 35.4 Å². The molecule has 2 unspecified atom stereocenters. The Labute approximate surface area is 210 Å². The highest BCUT2D eigenvalue weighted by molar-refractivity contribution is 7.88. The number of aromatic nitrogens is 2. The number of carbonyl (C=O) groups is 1. The lowest BCUT2D eigenvalue weighted by atomic mass is 9.98. The zero-order chi connectivity index (χ0) is 25.1. The van der Waals surface area contributed by atoms with Crippen molar-refractivity contribution >= 4 is 32.7 Å². The van der Waals surface area contributed by atoms with Crippen molar-refractivity contribution < 1.29 is 17.9 Å². The monoisotopic (exact) mass is 507 g/mol. The summed E-state index contributed by atoms with van der Waals surface area (Å²) in [7, 11) is -1.31. The third-order valence-electron chi connectivity index (χ3n) is 7.60. The molecule has 2 saturated heterocycles. The minimum absolute atomic E-state index is 0.0427. The number of aryl methyl sites for hydroxylation is 1. The SMILES string of the molecule is Cn1ncc2cc(-c3ccc(C4=NC5(CCOC5)C(=O)N4CC4CCN(S(C)(=O)=O)C4)cc3)ccc21. The molecule has 2 fully saturated rings. The number of amidine groups is 1. The molecule has 36 heavy (non-hydrogen) atoms. The second-order valence-corrected chi connectivity index (χ2v) is 12.1. The number of fused-ring (bicyclic) bond motifs is 1. The number of carbonyl (C=O) groups excluding carboxylic acids is 1. The molecule has 2 atom stereocenters. The molecule has 0 saturated carbocycles. The summed E-state index contributed by atoms with van der Waals surface area (Å²) in [6.07, 6.45) is 4.39. The van der Waals surface area contributed by atoms with Crippen molar-refractivity contribution in [3.63, 3.8) is 0 Å². The van der Waals surface area contributed by atoms with Gasteiger partial charge in [-0.25, -0.2) is 17.7 Å². The van der Waals surface area contributed by atoms with Crippen LogP contribution in [0.5, 0.6) is 0 Å². The molecule has 188 valence electrons. The molecular formula is C26H29N5O4S. The third kappa shape index (κ3) is 3.93. The molecule has 3 aliphatic rings. The molecule has 0 N–H and O–H groups in total. The largest absolute Gasteiger partial charge is 0.378 e. The van der Waals surface area contributed by atoms with E-state index >= 15 is 0 Å². The van der Waals surface area contributed by atoms with Crippen LogP contribution in [0.4, 0.5) is 0 Å². The number of aliphatic imine (C=N–C) groups is 1. The molecule has 6 rings (SSSR count). The minimum Gasteiger partial charge on any atom is -0.378 e. The van der Waals surface area contributed by atoms with Crippen molar-refractivity contribution in [3.05, 3.63) is 54.2 Å². The van der Waals surface area contributed by atoms with E-state index in [1.807, 2.05) is 30.1 Å². The number of amides is 1. The van der Waals surface area contributed by atoms with Gasteiger partial charge >= 0.3 is 0 Å². The van der Waals surface area contributed by atoms with Crippen LogP contribution in [0.15, 0.2) is 53.7 Å². The summed E-state index contributed by atoms with van der Waals surface area (Å²) in [6.45, 7) is 2.16. The summed E-state index contributed by atoms with van der Waals surface area (Å²) in [5.41, 5.74) is 3.25. The van der Waals surface area contributed by atoms with E-state index < -0.39 is 15.6 Å². The smallest absolute Gasteiger partial charge is 0.258 e. The van der Waals surface area contributed by atoms with Gasteiger partial charge in [-0.3, -0.25) is 14.4 Å². The fourth-order valence-electron chi connectivity index (χ4n) is 5.52. The molecule has 1 aromatic heterocycles. The average molecular weight is 508 g/mol. The predicted octanol–water partition coefficient (Wildman–Crippen LogP) is 2.27. The fourth-order valence-corrected chi connectivity index (χ4v) is 6.44. The highest BCUT2D eigenvalue weighted by Crippen LogP contribution is 2.35. The van der Waals surface area contributed by atoms with Gasteiger partial charge in [0.05, 0.1) is 24.6 Å². The number of sulfonamides is 1. The van der Waals surface area contributed by atoms with Crippen molar-refractivity contribution in [2.45, 2.75) is 18.4 Å². The Morgan fingerprint density at radius 3 is 2.56 bits per heavy atom. The van der Waals surface area contributed by atoms with E-state index in [1.165, 1.54) is 10.6 Å². The standard InChI is InChI=1S/C26H29N5O4S/c1-29-23-8-7-21(13-22(23)14-27-29)19-3-5-20(6-4-19)24-28-26(10-12-35-17-26)25(32)31(24)16-18-9-11-30(15-18)36(2,33)34/h3-8,13-14,18H,9-12,15-17H2,1-2H3. The molecule has 9 nitrogen and oxygen atoms in total. The van der Waals surface area contributed by atoms with Crippen LogP contribution in [0.3, 0.4) is 0 Å². The fraction of sp³-hybridized carbons (Fsp3) is 0.423. The highest BCUT2D eigenvalue weighted by atomic mass is 32.2. The first kappa shape index (κ1) is 23.3. The van der Waals surface area contributed by atoms with Crippen molar-refractivity contribution in [1.82, 2.24) is 19.0 Å². The lowest BCUT2D eigenvalue weighted by molar-refractivity contribution is -0.131. The third-order valence-corrected chi connectivity index (χ3v) is 8.87. The van der Waals surface area contributed by atoms with Crippen LogP contribution in [-0.2, 0) is 26.6 Å². The zero-order valence-electron chi connectivity index (χ0n) is 20.4. The first-order chi connectivity index (χ1) is 17.2. The van der Waals surface area contributed by atoms with E-state index in [1.54, 1.807) is 4.90 Å². The van der Waals surface area contributed by atoms with E-state index in [0.29, 0.717) is 38.5 Å². The van der Waals surface area contributed by atoms with E-state index in [0.717, 1.165) is 34.0 Å². The first-order valence-electron chi connectivity index (χ1n) is 12.2. The van der Waals surface area contributed by atoms with Crippen molar-refractivity contribution in [2.75, 3.05) is 39.1 Å². The Balaban J connectivity index is 1.29. The molecule has 1 spiro atoms. The second kappa shape index (κ2) is 8.50. The Hall–Kier alpha value is -3.08. The van der Waals surface area contributed by atoms with E-state index in [9.17, 15) is 13.2 Å². The first-order valence-corrected chi connectivity index (χ1v) is 14.1. The number of rotatable bonds is 5. The molecule has 3 aromatic rings. The predicted molar refractivity (Wildman–Crippen MR) is 137 cm³/mol. The molecule has 10 heteroatoms.